The Labute approximate surface area is 128 Å². The number of urea groups is 1. The zero-order valence-corrected chi connectivity index (χ0v) is 11.9. The van der Waals surface area contributed by atoms with Gasteiger partial charge >= 0.3 is 6.03 Å². The van der Waals surface area contributed by atoms with Gasteiger partial charge < -0.3 is 22.1 Å². The third-order valence-electron chi connectivity index (χ3n) is 2.92. The third-order valence-corrected chi connectivity index (χ3v) is 2.92. The Morgan fingerprint density at radius 1 is 0.955 bits per heavy atom. The van der Waals surface area contributed by atoms with E-state index in [0.29, 0.717) is 22.6 Å². The summed E-state index contributed by atoms with van der Waals surface area (Å²) in [5.41, 5.74) is 13.9. The highest BCUT2D eigenvalue weighted by molar-refractivity contribution is 6.01. The molecule has 0 aliphatic rings. The van der Waals surface area contributed by atoms with Gasteiger partial charge in [-0.05, 0) is 29.8 Å². The zero-order valence-electron chi connectivity index (χ0n) is 11.9. The number of nitrogens with one attached hydrogen (secondary N) is 3. The summed E-state index contributed by atoms with van der Waals surface area (Å²) in [4.78, 5) is 12.0. The van der Waals surface area contributed by atoms with Crippen molar-refractivity contribution in [3.05, 3.63) is 66.2 Å². The van der Waals surface area contributed by atoms with Crippen LogP contribution < -0.4 is 22.1 Å². The topological polar surface area (TPSA) is 117 Å². The summed E-state index contributed by atoms with van der Waals surface area (Å²) in [6, 6.07) is 13.4. The van der Waals surface area contributed by atoms with Crippen molar-refractivity contribution in [3.63, 3.8) is 0 Å². The average Bonchev–Trinajstić information content (AvgIpc) is 2.47. The lowest BCUT2D eigenvalue weighted by atomic mass is 10.1. The Morgan fingerprint density at radius 3 is 1.95 bits per heavy atom. The Morgan fingerprint density at radius 2 is 1.45 bits per heavy atom. The van der Waals surface area contributed by atoms with Crippen LogP contribution in [0, 0.1) is 5.41 Å². The molecular formula is C16H17N5O. The largest absolute Gasteiger partial charge is 0.399 e. The van der Waals surface area contributed by atoms with Gasteiger partial charge in [-0.25, -0.2) is 4.79 Å². The number of amidine groups is 1. The molecule has 0 bridgehead atoms. The molecule has 0 atom stereocenters. The van der Waals surface area contributed by atoms with Crippen molar-refractivity contribution in [2.24, 2.45) is 11.5 Å². The molecule has 6 heteroatoms. The molecule has 0 aliphatic carbocycles. The van der Waals surface area contributed by atoms with Gasteiger partial charge in [-0.2, -0.15) is 0 Å². The number of anilines is 2. The minimum absolute atomic E-state index is 0.0572. The van der Waals surface area contributed by atoms with Gasteiger partial charge in [0.05, 0.1) is 0 Å². The van der Waals surface area contributed by atoms with Crippen LogP contribution in [0.25, 0.3) is 5.70 Å². The van der Waals surface area contributed by atoms with Crippen molar-refractivity contribution in [1.29, 1.82) is 5.41 Å². The van der Waals surface area contributed by atoms with Gasteiger partial charge in [0.1, 0.15) is 5.84 Å². The first-order valence-electron chi connectivity index (χ1n) is 6.53. The number of nitrogens with two attached hydrogens (primary N) is 2. The monoisotopic (exact) mass is 295 g/mol. The van der Waals surface area contributed by atoms with Crippen molar-refractivity contribution < 1.29 is 4.79 Å². The molecule has 2 rings (SSSR count). The highest BCUT2D eigenvalue weighted by Gasteiger charge is 2.05. The predicted molar refractivity (Wildman–Crippen MR) is 89.8 cm³/mol. The highest BCUT2D eigenvalue weighted by Crippen LogP contribution is 2.15. The van der Waals surface area contributed by atoms with E-state index in [0.717, 1.165) is 5.56 Å². The van der Waals surface area contributed by atoms with E-state index in [-0.39, 0.29) is 5.84 Å². The van der Waals surface area contributed by atoms with Crippen molar-refractivity contribution in [2.75, 3.05) is 10.6 Å². The lowest BCUT2D eigenvalue weighted by Gasteiger charge is -2.10. The van der Waals surface area contributed by atoms with E-state index >= 15 is 0 Å². The molecule has 0 radical (unpaired) electrons. The maximum Gasteiger partial charge on any atom is 0.323 e. The smallest absolute Gasteiger partial charge is 0.323 e. The van der Waals surface area contributed by atoms with Crippen LogP contribution in [0.1, 0.15) is 11.1 Å². The SMILES string of the molecule is C=C(N)c1cccc(NC(=O)Nc2cccc(C(=N)N)c2)c1. The summed E-state index contributed by atoms with van der Waals surface area (Å²) < 4.78 is 0. The van der Waals surface area contributed by atoms with Gasteiger partial charge in [-0.15, -0.1) is 0 Å². The number of rotatable bonds is 4. The van der Waals surface area contributed by atoms with Gasteiger partial charge in [-0.1, -0.05) is 30.8 Å². The molecule has 0 unspecified atom stereocenters. The molecule has 0 spiro atoms. The molecule has 0 heterocycles. The van der Waals surface area contributed by atoms with Crippen LogP contribution in [0.5, 0.6) is 0 Å². The Kier molecular flexibility index (Phi) is 4.43. The van der Waals surface area contributed by atoms with Crippen LogP contribution in [0.2, 0.25) is 0 Å². The Hall–Kier alpha value is -3.28. The highest BCUT2D eigenvalue weighted by atomic mass is 16.2. The summed E-state index contributed by atoms with van der Waals surface area (Å²) in [7, 11) is 0. The van der Waals surface area contributed by atoms with Gasteiger partial charge in [0.15, 0.2) is 0 Å². The first-order chi connectivity index (χ1) is 10.5. The van der Waals surface area contributed by atoms with Crippen LogP contribution in [-0.4, -0.2) is 11.9 Å². The maximum atomic E-state index is 12.0. The minimum Gasteiger partial charge on any atom is -0.399 e. The molecule has 112 valence electrons. The first kappa shape index (κ1) is 15.1. The second-order valence-electron chi connectivity index (χ2n) is 4.68. The number of nitrogen functional groups attached to an aromatic ring is 1. The van der Waals surface area contributed by atoms with Gasteiger partial charge in [0.25, 0.3) is 0 Å². The molecule has 2 aromatic carbocycles. The van der Waals surface area contributed by atoms with Gasteiger partial charge in [0, 0.05) is 22.6 Å². The molecule has 0 saturated carbocycles. The molecule has 0 aromatic heterocycles. The van der Waals surface area contributed by atoms with Gasteiger partial charge in [-0.3, -0.25) is 5.41 Å². The molecule has 7 N–H and O–H groups in total. The fraction of sp³-hybridized carbons (Fsp3) is 0. The third kappa shape index (κ3) is 3.86. The Bertz CT molecular complexity index is 677. The predicted octanol–water partition coefficient (Wildman–Crippen LogP) is 2.54. The fourth-order valence-corrected chi connectivity index (χ4v) is 1.85. The maximum absolute atomic E-state index is 12.0. The Balaban J connectivity index is 2.07. The number of carbonyl (C=O) groups is 1. The minimum atomic E-state index is -0.402. The van der Waals surface area contributed by atoms with Crippen LogP contribution in [0.3, 0.4) is 0 Å². The van der Waals surface area contributed by atoms with Crippen LogP contribution >= 0.6 is 0 Å². The molecule has 22 heavy (non-hydrogen) atoms. The lowest BCUT2D eigenvalue weighted by Crippen LogP contribution is -2.20. The summed E-state index contributed by atoms with van der Waals surface area (Å²) >= 11 is 0. The quantitative estimate of drug-likeness (QED) is 0.440. The van der Waals surface area contributed by atoms with E-state index in [1.54, 1.807) is 42.5 Å². The molecule has 2 amide bonds. The van der Waals surface area contributed by atoms with Crippen molar-refractivity contribution >= 4 is 28.9 Å². The molecule has 6 nitrogen and oxygen atoms in total. The summed E-state index contributed by atoms with van der Waals surface area (Å²) in [5.74, 6) is -0.0572. The summed E-state index contributed by atoms with van der Waals surface area (Å²) in [5, 5.41) is 12.8. The van der Waals surface area contributed by atoms with E-state index in [2.05, 4.69) is 17.2 Å². The lowest BCUT2D eigenvalue weighted by molar-refractivity contribution is 0.262. The summed E-state index contributed by atoms with van der Waals surface area (Å²) in [6.45, 7) is 3.66. The fourth-order valence-electron chi connectivity index (χ4n) is 1.85. The second kappa shape index (κ2) is 6.45. The number of hydrogen-bond donors (Lipinski definition) is 5. The van der Waals surface area contributed by atoms with E-state index < -0.39 is 6.03 Å². The van der Waals surface area contributed by atoms with Gasteiger partial charge in [0.2, 0.25) is 0 Å². The van der Waals surface area contributed by atoms with Crippen molar-refractivity contribution in [3.8, 4) is 0 Å². The van der Waals surface area contributed by atoms with Crippen molar-refractivity contribution in [1.82, 2.24) is 0 Å². The second-order valence-corrected chi connectivity index (χ2v) is 4.68. The molecule has 2 aromatic rings. The van der Waals surface area contributed by atoms with E-state index in [4.69, 9.17) is 16.9 Å². The first-order valence-corrected chi connectivity index (χ1v) is 6.53. The number of amides is 2. The van der Waals surface area contributed by atoms with E-state index in [1.807, 2.05) is 6.07 Å². The van der Waals surface area contributed by atoms with E-state index in [9.17, 15) is 4.79 Å². The standard InChI is InChI=1S/C16H17N5O/c1-10(17)11-4-2-6-13(8-11)20-16(22)21-14-7-3-5-12(9-14)15(18)19/h2-9H,1,17H2,(H3,18,19)(H2,20,21,22). The normalized spacial score (nSPS) is 9.82. The van der Waals surface area contributed by atoms with Crippen LogP contribution in [0.15, 0.2) is 55.1 Å². The number of carbonyl (C=O) groups excluding carboxylic acids is 1. The number of hydrogen-bond acceptors (Lipinski definition) is 3. The number of benzene rings is 2. The van der Waals surface area contributed by atoms with Crippen LogP contribution in [-0.2, 0) is 0 Å². The average molecular weight is 295 g/mol. The zero-order chi connectivity index (χ0) is 16.1. The molecule has 0 saturated heterocycles. The van der Waals surface area contributed by atoms with E-state index in [1.165, 1.54) is 0 Å². The molecule has 0 aliphatic heterocycles. The van der Waals surface area contributed by atoms with Crippen molar-refractivity contribution in [2.45, 2.75) is 0 Å². The molecule has 0 fully saturated rings. The summed E-state index contributed by atoms with van der Waals surface area (Å²) in [6.07, 6.45) is 0. The molecular weight excluding hydrogens is 278 g/mol. The van der Waals surface area contributed by atoms with Crippen LogP contribution in [0.4, 0.5) is 16.2 Å².